The SMILES string of the molecule is Cc1ccsc1/C=C1\SC(N2CCC(Cc3ccccc3)CC2)=NC1=O. The lowest BCUT2D eigenvalue weighted by Gasteiger charge is -2.32. The van der Waals surface area contributed by atoms with Gasteiger partial charge < -0.3 is 4.90 Å². The van der Waals surface area contributed by atoms with Gasteiger partial charge in [0.15, 0.2) is 5.17 Å². The molecular weight excluding hydrogens is 360 g/mol. The first-order chi connectivity index (χ1) is 12.7. The highest BCUT2D eigenvalue weighted by Crippen LogP contribution is 2.34. The summed E-state index contributed by atoms with van der Waals surface area (Å²) in [6.07, 6.45) is 5.46. The van der Waals surface area contributed by atoms with Crippen LogP contribution in [0.4, 0.5) is 0 Å². The second-order valence-corrected chi connectivity index (χ2v) is 8.85. The summed E-state index contributed by atoms with van der Waals surface area (Å²) in [4.78, 5) is 20.8. The van der Waals surface area contributed by atoms with E-state index >= 15 is 0 Å². The molecule has 0 N–H and O–H groups in total. The molecule has 0 spiro atoms. The van der Waals surface area contributed by atoms with Gasteiger partial charge in [-0.15, -0.1) is 11.3 Å². The molecule has 5 heteroatoms. The summed E-state index contributed by atoms with van der Waals surface area (Å²) in [5, 5.41) is 2.94. The zero-order valence-electron chi connectivity index (χ0n) is 14.9. The van der Waals surface area contributed by atoms with Crippen molar-refractivity contribution in [3.05, 3.63) is 62.7 Å². The van der Waals surface area contributed by atoms with E-state index in [-0.39, 0.29) is 5.91 Å². The number of aliphatic imine (C=N–C) groups is 1. The number of aryl methyl sites for hydroxylation is 1. The standard InChI is InChI=1S/C21H22N2OS2/c1-15-9-12-25-18(15)14-19-20(24)22-21(26-19)23-10-7-17(8-11-23)13-16-5-3-2-4-6-16/h2-6,9,12,14,17H,7-8,10-11,13H2,1H3/b19-14-. The number of hydrogen-bond donors (Lipinski definition) is 0. The average Bonchev–Trinajstić information content (AvgIpc) is 3.23. The first-order valence-corrected chi connectivity index (χ1v) is 10.7. The van der Waals surface area contributed by atoms with Gasteiger partial charge in [0.25, 0.3) is 5.91 Å². The van der Waals surface area contributed by atoms with E-state index < -0.39 is 0 Å². The molecule has 0 atom stereocenters. The van der Waals surface area contributed by atoms with Gasteiger partial charge in [-0.3, -0.25) is 4.79 Å². The van der Waals surface area contributed by atoms with Gasteiger partial charge in [0, 0.05) is 18.0 Å². The van der Waals surface area contributed by atoms with Crippen molar-refractivity contribution in [2.45, 2.75) is 26.2 Å². The van der Waals surface area contributed by atoms with Gasteiger partial charge in [0.2, 0.25) is 0 Å². The van der Waals surface area contributed by atoms with Crippen molar-refractivity contribution in [2.75, 3.05) is 13.1 Å². The molecule has 0 saturated carbocycles. The Kier molecular flexibility index (Phi) is 5.27. The summed E-state index contributed by atoms with van der Waals surface area (Å²) in [5.74, 6) is 0.629. The Morgan fingerprint density at radius 2 is 1.96 bits per heavy atom. The van der Waals surface area contributed by atoms with E-state index in [4.69, 9.17) is 0 Å². The monoisotopic (exact) mass is 382 g/mol. The average molecular weight is 383 g/mol. The van der Waals surface area contributed by atoms with E-state index in [0.717, 1.165) is 53.2 Å². The number of likely N-dealkylation sites (tertiary alicyclic amines) is 1. The summed E-state index contributed by atoms with van der Waals surface area (Å²) in [6, 6.07) is 12.8. The molecule has 2 aromatic rings. The largest absolute Gasteiger partial charge is 0.351 e. The molecule has 0 bridgehead atoms. The maximum atomic E-state index is 12.3. The number of hydrogen-bond acceptors (Lipinski definition) is 4. The lowest BCUT2D eigenvalue weighted by Crippen LogP contribution is -2.37. The molecule has 2 aliphatic heterocycles. The Labute approximate surface area is 162 Å². The minimum absolute atomic E-state index is 0.0933. The molecule has 26 heavy (non-hydrogen) atoms. The van der Waals surface area contributed by atoms with E-state index in [1.54, 1.807) is 11.3 Å². The van der Waals surface area contributed by atoms with Crippen LogP contribution in [0.1, 0.15) is 28.8 Å². The number of amides is 1. The zero-order chi connectivity index (χ0) is 17.9. The van der Waals surface area contributed by atoms with Crippen molar-refractivity contribution >= 4 is 40.2 Å². The van der Waals surface area contributed by atoms with Crippen LogP contribution in [0.15, 0.2) is 51.7 Å². The van der Waals surface area contributed by atoms with Crippen LogP contribution in [0.2, 0.25) is 0 Å². The molecule has 0 aliphatic carbocycles. The van der Waals surface area contributed by atoms with Crippen LogP contribution in [-0.4, -0.2) is 29.1 Å². The van der Waals surface area contributed by atoms with E-state index in [2.05, 4.69) is 58.6 Å². The number of carbonyl (C=O) groups is 1. The summed E-state index contributed by atoms with van der Waals surface area (Å²) in [6.45, 7) is 4.05. The van der Waals surface area contributed by atoms with E-state index in [0.29, 0.717) is 0 Å². The molecule has 1 saturated heterocycles. The van der Waals surface area contributed by atoms with Gasteiger partial charge in [-0.05, 0) is 72.5 Å². The number of benzene rings is 1. The third-order valence-electron chi connectivity index (χ3n) is 5.03. The van der Waals surface area contributed by atoms with Crippen molar-refractivity contribution in [1.82, 2.24) is 4.90 Å². The quantitative estimate of drug-likeness (QED) is 0.702. The van der Waals surface area contributed by atoms with E-state index in [9.17, 15) is 4.79 Å². The van der Waals surface area contributed by atoms with Crippen LogP contribution in [0.3, 0.4) is 0 Å². The van der Waals surface area contributed by atoms with Gasteiger partial charge in [-0.1, -0.05) is 30.3 Å². The molecule has 1 fully saturated rings. The van der Waals surface area contributed by atoms with Crippen LogP contribution in [0.25, 0.3) is 6.08 Å². The Morgan fingerprint density at radius 1 is 1.19 bits per heavy atom. The highest BCUT2D eigenvalue weighted by molar-refractivity contribution is 8.18. The maximum absolute atomic E-state index is 12.3. The Hall–Kier alpha value is -1.85. The summed E-state index contributed by atoms with van der Waals surface area (Å²) in [7, 11) is 0. The minimum atomic E-state index is -0.0933. The number of nitrogens with zero attached hydrogens (tertiary/aromatic N) is 2. The number of rotatable bonds is 3. The highest BCUT2D eigenvalue weighted by atomic mass is 32.2. The number of amidine groups is 1. The Morgan fingerprint density at radius 3 is 2.65 bits per heavy atom. The first-order valence-electron chi connectivity index (χ1n) is 9.04. The van der Waals surface area contributed by atoms with Gasteiger partial charge >= 0.3 is 0 Å². The predicted octanol–water partition coefficient (Wildman–Crippen LogP) is 4.98. The fraction of sp³-hybridized carbons (Fsp3) is 0.333. The molecule has 0 radical (unpaired) electrons. The zero-order valence-corrected chi connectivity index (χ0v) is 16.5. The van der Waals surface area contributed by atoms with Crippen LogP contribution < -0.4 is 0 Å². The van der Waals surface area contributed by atoms with Crippen molar-refractivity contribution in [2.24, 2.45) is 10.9 Å². The third kappa shape index (κ3) is 3.94. The normalized spacial score (nSPS) is 20.0. The Bertz CT molecular complexity index is 846. The molecule has 0 unspecified atom stereocenters. The molecular formula is C21H22N2OS2. The van der Waals surface area contributed by atoms with Crippen molar-refractivity contribution in [1.29, 1.82) is 0 Å². The van der Waals surface area contributed by atoms with Crippen molar-refractivity contribution in [3.8, 4) is 0 Å². The summed E-state index contributed by atoms with van der Waals surface area (Å²) in [5.41, 5.74) is 2.64. The lowest BCUT2D eigenvalue weighted by molar-refractivity contribution is -0.113. The maximum Gasteiger partial charge on any atom is 0.286 e. The van der Waals surface area contributed by atoms with Crippen molar-refractivity contribution < 1.29 is 4.79 Å². The van der Waals surface area contributed by atoms with Crippen LogP contribution in [0.5, 0.6) is 0 Å². The predicted molar refractivity (Wildman–Crippen MR) is 112 cm³/mol. The molecule has 4 rings (SSSR count). The second-order valence-electron chi connectivity index (χ2n) is 6.90. The molecule has 3 heterocycles. The molecule has 1 aromatic heterocycles. The molecule has 3 nitrogen and oxygen atoms in total. The molecule has 134 valence electrons. The van der Waals surface area contributed by atoms with Gasteiger partial charge in [0.05, 0.1) is 4.91 Å². The van der Waals surface area contributed by atoms with Crippen molar-refractivity contribution in [3.63, 3.8) is 0 Å². The number of carbonyl (C=O) groups excluding carboxylic acids is 1. The van der Waals surface area contributed by atoms with Gasteiger partial charge in [-0.25, -0.2) is 0 Å². The molecule has 1 aromatic carbocycles. The smallest absolute Gasteiger partial charge is 0.286 e. The molecule has 1 amide bonds. The number of thiophene rings is 1. The Balaban J connectivity index is 1.35. The van der Waals surface area contributed by atoms with Gasteiger partial charge in [0.1, 0.15) is 0 Å². The van der Waals surface area contributed by atoms with Crippen LogP contribution in [0, 0.1) is 12.8 Å². The fourth-order valence-electron chi connectivity index (χ4n) is 3.46. The van der Waals surface area contributed by atoms with Gasteiger partial charge in [-0.2, -0.15) is 4.99 Å². The molecule has 2 aliphatic rings. The van der Waals surface area contributed by atoms with Crippen LogP contribution in [-0.2, 0) is 11.2 Å². The van der Waals surface area contributed by atoms with Crippen LogP contribution >= 0.6 is 23.1 Å². The number of thioether (sulfide) groups is 1. The van der Waals surface area contributed by atoms with E-state index in [1.807, 2.05) is 6.08 Å². The highest BCUT2D eigenvalue weighted by Gasteiger charge is 2.29. The van der Waals surface area contributed by atoms with E-state index in [1.165, 1.54) is 22.9 Å². The summed E-state index contributed by atoms with van der Waals surface area (Å²) >= 11 is 3.20. The lowest BCUT2D eigenvalue weighted by atomic mass is 9.90. The topological polar surface area (TPSA) is 32.7 Å². The first kappa shape index (κ1) is 17.6. The number of piperidine rings is 1. The minimum Gasteiger partial charge on any atom is -0.351 e. The fourth-order valence-corrected chi connectivity index (χ4v) is 5.34. The third-order valence-corrected chi connectivity index (χ3v) is 7.04. The summed E-state index contributed by atoms with van der Waals surface area (Å²) < 4.78 is 0. The second kappa shape index (κ2) is 7.80.